The number of hydrogen-bond donors (Lipinski definition) is 2. The molecule has 19 heavy (non-hydrogen) atoms. The lowest BCUT2D eigenvalue weighted by Gasteiger charge is -2.26. The Labute approximate surface area is 122 Å². The van der Waals surface area contributed by atoms with Gasteiger partial charge in [-0.2, -0.15) is 0 Å². The van der Waals surface area contributed by atoms with Crippen molar-refractivity contribution in [2.24, 2.45) is 0 Å². The molecule has 1 aliphatic heterocycles. The molecule has 5 heteroatoms. The summed E-state index contributed by atoms with van der Waals surface area (Å²) in [6, 6.07) is 7.85. The number of nitrogens with one attached hydrogen (secondary N) is 2. The molecule has 0 bridgehead atoms. The van der Waals surface area contributed by atoms with Gasteiger partial charge in [-0.3, -0.25) is 4.79 Å². The first kappa shape index (κ1) is 14.5. The molecule has 0 radical (unpaired) electrons. The monoisotopic (exact) mass is 326 g/mol. The van der Waals surface area contributed by atoms with Crippen LogP contribution in [0, 0.1) is 0 Å². The molecule has 0 aromatic heterocycles. The summed E-state index contributed by atoms with van der Waals surface area (Å²) < 4.78 is 6.35. The zero-order valence-electron chi connectivity index (χ0n) is 11.0. The number of halogens is 1. The second-order valence-corrected chi connectivity index (χ2v) is 5.52. The first-order valence-corrected chi connectivity index (χ1v) is 7.37. The van der Waals surface area contributed by atoms with Gasteiger partial charge in [0, 0.05) is 11.0 Å². The molecule has 1 fully saturated rings. The van der Waals surface area contributed by atoms with E-state index in [1.165, 1.54) is 0 Å². The summed E-state index contributed by atoms with van der Waals surface area (Å²) in [6.07, 6.45) is 0.862. The van der Waals surface area contributed by atoms with E-state index in [4.69, 9.17) is 4.74 Å². The highest BCUT2D eigenvalue weighted by Crippen LogP contribution is 2.19. The summed E-state index contributed by atoms with van der Waals surface area (Å²) in [7, 11) is 0. The van der Waals surface area contributed by atoms with E-state index in [0.29, 0.717) is 13.2 Å². The minimum Gasteiger partial charge on any atom is -0.378 e. The van der Waals surface area contributed by atoms with Gasteiger partial charge in [0.25, 0.3) is 0 Å². The normalized spacial score (nSPS) is 20.8. The molecule has 1 aromatic carbocycles. The molecule has 1 aliphatic rings. The molecular weight excluding hydrogens is 308 g/mol. The number of morpholine rings is 1. The zero-order valence-corrected chi connectivity index (χ0v) is 12.6. The fourth-order valence-corrected chi connectivity index (χ4v) is 2.39. The van der Waals surface area contributed by atoms with E-state index in [1.54, 1.807) is 0 Å². The van der Waals surface area contributed by atoms with Crippen LogP contribution in [0.25, 0.3) is 0 Å². The van der Waals surface area contributed by atoms with Crippen LogP contribution in [0.15, 0.2) is 28.7 Å². The molecular formula is C14H19BrN2O2. The van der Waals surface area contributed by atoms with Gasteiger partial charge < -0.3 is 15.4 Å². The van der Waals surface area contributed by atoms with Crippen molar-refractivity contribution in [2.75, 3.05) is 19.8 Å². The molecule has 1 saturated heterocycles. The van der Waals surface area contributed by atoms with Gasteiger partial charge in [0.05, 0.1) is 19.3 Å². The van der Waals surface area contributed by atoms with Crippen molar-refractivity contribution in [1.82, 2.24) is 10.6 Å². The fraction of sp³-hybridized carbons (Fsp3) is 0.500. The lowest BCUT2D eigenvalue weighted by atomic mass is 10.0. The summed E-state index contributed by atoms with van der Waals surface area (Å²) in [5.41, 5.74) is 1.12. The number of hydrogen-bond acceptors (Lipinski definition) is 3. The van der Waals surface area contributed by atoms with E-state index in [1.807, 2.05) is 24.3 Å². The summed E-state index contributed by atoms with van der Waals surface area (Å²) in [6.45, 7) is 3.92. The van der Waals surface area contributed by atoms with Gasteiger partial charge in [0.15, 0.2) is 0 Å². The van der Waals surface area contributed by atoms with Crippen LogP contribution in [0.5, 0.6) is 0 Å². The molecule has 2 N–H and O–H groups in total. The first-order chi connectivity index (χ1) is 9.20. The van der Waals surface area contributed by atoms with E-state index in [0.717, 1.165) is 23.0 Å². The Bertz CT molecular complexity index is 416. The van der Waals surface area contributed by atoms with Crippen LogP contribution in [0.4, 0.5) is 0 Å². The van der Waals surface area contributed by atoms with E-state index >= 15 is 0 Å². The highest BCUT2D eigenvalue weighted by molar-refractivity contribution is 9.10. The highest BCUT2D eigenvalue weighted by Gasteiger charge is 2.23. The van der Waals surface area contributed by atoms with E-state index in [2.05, 4.69) is 33.5 Å². The second-order valence-electron chi connectivity index (χ2n) is 4.60. The number of ether oxygens (including phenoxy) is 1. The number of rotatable bonds is 4. The van der Waals surface area contributed by atoms with Gasteiger partial charge in [-0.15, -0.1) is 0 Å². The maximum atomic E-state index is 12.1. The van der Waals surface area contributed by atoms with Gasteiger partial charge in [0.1, 0.15) is 6.04 Å². The largest absolute Gasteiger partial charge is 0.378 e. The number of carbonyl (C=O) groups is 1. The average molecular weight is 327 g/mol. The summed E-state index contributed by atoms with van der Waals surface area (Å²) in [5, 5.41) is 6.24. The maximum absolute atomic E-state index is 12.1. The molecule has 1 amide bonds. The van der Waals surface area contributed by atoms with Crippen LogP contribution in [0.1, 0.15) is 24.9 Å². The van der Waals surface area contributed by atoms with Crippen molar-refractivity contribution in [3.63, 3.8) is 0 Å². The van der Waals surface area contributed by atoms with E-state index in [-0.39, 0.29) is 18.0 Å². The lowest BCUT2D eigenvalue weighted by Crippen LogP contribution is -2.51. The van der Waals surface area contributed by atoms with E-state index < -0.39 is 0 Å². The summed E-state index contributed by atoms with van der Waals surface area (Å²) in [4.78, 5) is 12.1. The Kier molecular flexibility index (Phi) is 5.36. The fourth-order valence-electron chi connectivity index (χ4n) is 2.12. The van der Waals surface area contributed by atoms with Gasteiger partial charge in [-0.05, 0) is 24.1 Å². The minimum absolute atomic E-state index is 0.00877. The van der Waals surface area contributed by atoms with Crippen LogP contribution in [-0.4, -0.2) is 31.7 Å². The quantitative estimate of drug-likeness (QED) is 0.889. The molecule has 0 spiro atoms. The standard InChI is InChI=1S/C14H19BrN2O2/c1-2-12(10-3-5-11(15)6-4-10)17-14(18)13-9-19-8-7-16-13/h3-6,12-13,16H,2,7-9H2,1H3,(H,17,18). The van der Waals surface area contributed by atoms with Crippen LogP contribution in [-0.2, 0) is 9.53 Å². The van der Waals surface area contributed by atoms with Crippen LogP contribution >= 0.6 is 15.9 Å². The predicted octanol–water partition coefficient (Wildman–Crippen LogP) is 2.00. The Balaban J connectivity index is 1.98. The van der Waals surface area contributed by atoms with Crippen LogP contribution in [0.2, 0.25) is 0 Å². The summed E-state index contributed by atoms with van der Waals surface area (Å²) in [5.74, 6) is 0.00877. The average Bonchev–Trinajstić information content (AvgIpc) is 2.46. The van der Waals surface area contributed by atoms with Gasteiger partial charge >= 0.3 is 0 Å². The third-order valence-electron chi connectivity index (χ3n) is 3.24. The maximum Gasteiger partial charge on any atom is 0.240 e. The Morgan fingerprint density at radius 2 is 2.26 bits per heavy atom. The molecule has 1 aromatic rings. The smallest absolute Gasteiger partial charge is 0.240 e. The zero-order chi connectivity index (χ0) is 13.7. The van der Waals surface area contributed by atoms with Crippen molar-refractivity contribution >= 4 is 21.8 Å². The van der Waals surface area contributed by atoms with Crippen molar-refractivity contribution in [3.05, 3.63) is 34.3 Å². The lowest BCUT2D eigenvalue weighted by molar-refractivity contribution is -0.126. The number of amides is 1. The van der Waals surface area contributed by atoms with Crippen LogP contribution in [0.3, 0.4) is 0 Å². The third kappa shape index (κ3) is 4.03. The molecule has 0 aliphatic carbocycles. The van der Waals surface area contributed by atoms with Crippen molar-refractivity contribution in [3.8, 4) is 0 Å². The molecule has 4 nitrogen and oxygen atoms in total. The topological polar surface area (TPSA) is 50.4 Å². The van der Waals surface area contributed by atoms with Crippen LogP contribution < -0.4 is 10.6 Å². The molecule has 2 unspecified atom stereocenters. The Morgan fingerprint density at radius 1 is 1.53 bits per heavy atom. The molecule has 0 saturated carbocycles. The Morgan fingerprint density at radius 3 is 2.84 bits per heavy atom. The molecule has 1 heterocycles. The SMILES string of the molecule is CCC(NC(=O)C1COCCN1)c1ccc(Br)cc1. The van der Waals surface area contributed by atoms with E-state index in [9.17, 15) is 4.79 Å². The van der Waals surface area contributed by atoms with Gasteiger partial charge in [0.2, 0.25) is 5.91 Å². The highest BCUT2D eigenvalue weighted by atomic mass is 79.9. The second kappa shape index (κ2) is 7.03. The van der Waals surface area contributed by atoms with Crippen molar-refractivity contribution in [2.45, 2.75) is 25.4 Å². The van der Waals surface area contributed by atoms with Gasteiger partial charge in [-0.25, -0.2) is 0 Å². The number of benzene rings is 1. The summed E-state index contributed by atoms with van der Waals surface area (Å²) >= 11 is 3.42. The number of carbonyl (C=O) groups excluding carboxylic acids is 1. The first-order valence-electron chi connectivity index (χ1n) is 6.57. The van der Waals surface area contributed by atoms with Crippen molar-refractivity contribution < 1.29 is 9.53 Å². The molecule has 2 atom stereocenters. The predicted molar refractivity (Wildman–Crippen MR) is 77.9 cm³/mol. The van der Waals surface area contributed by atoms with Gasteiger partial charge in [-0.1, -0.05) is 35.0 Å². The van der Waals surface area contributed by atoms with Crippen molar-refractivity contribution in [1.29, 1.82) is 0 Å². The molecule has 104 valence electrons. The Hall–Kier alpha value is -0.910. The molecule has 2 rings (SSSR count). The minimum atomic E-state index is -0.238. The third-order valence-corrected chi connectivity index (χ3v) is 3.76.